The Morgan fingerprint density at radius 3 is 2.88 bits per heavy atom. The third kappa shape index (κ3) is 1.95. The molecule has 0 radical (unpaired) electrons. The summed E-state index contributed by atoms with van der Waals surface area (Å²) in [6.45, 7) is 2.80. The summed E-state index contributed by atoms with van der Waals surface area (Å²) in [5.74, 6) is 1.59. The molecule has 90 valence electrons. The van der Waals surface area contributed by atoms with E-state index in [1.165, 1.54) is 12.8 Å². The van der Waals surface area contributed by atoms with Gasteiger partial charge >= 0.3 is 0 Å². The van der Waals surface area contributed by atoms with Crippen LogP contribution >= 0.6 is 0 Å². The van der Waals surface area contributed by atoms with E-state index in [0.717, 1.165) is 23.3 Å². The second kappa shape index (κ2) is 4.15. The molecule has 1 unspecified atom stereocenters. The van der Waals surface area contributed by atoms with Crippen LogP contribution in [0, 0.1) is 5.92 Å². The van der Waals surface area contributed by atoms with Gasteiger partial charge < -0.3 is 9.67 Å². The normalized spacial score (nSPS) is 17.5. The first kappa shape index (κ1) is 10.8. The number of fused-ring (bicyclic) bond motifs is 1. The summed E-state index contributed by atoms with van der Waals surface area (Å²) in [5.41, 5.74) is 2.18. The largest absolute Gasteiger partial charge is 0.391 e. The molecular formula is C14H18N2O. The van der Waals surface area contributed by atoms with Crippen LogP contribution in [-0.2, 0) is 13.0 Å². The van der Waals surface area contributed by atoms with Crippen LogP contribution in [0.2, 0.25) is 0 Å². The van der Waals surface area contributed by atoms with E-state index in [4.69, 9.17) is 0 Å². The van der Waals surface area contributed by atoms with Crippen molar-refractivity contribution in [3.8, 4) is 0 Å². The zero-order chi connectivity index (χ0) is 11.8. The number of aryl methyl sites for hydroxylation is 1. The molecule has 3 heteroatoms. The molecule has 1 saturated carbocycles. The van der Waals surface area contributed by atoms with Gasteiger partial charge in [-0.15, -0.1) is 0 Å². The Labute approximate surface area is 101 Å². The summed E-state index contributed by atoms with van der Waals surface area (Å²) in [5, 5.41) is 10.1. The van der Waals surface area contributed by atoms with Crippen LogP contribution in [0.25, 0.3) is 11.0 Å². The zero-order valence-corrected chi connectivity index (χ0v) is 10.1. The molecule has 2 aromatic rings. The molecule has 0 bridgehead atoms. The van der Waals surface area contributed by atoms with Gasteiger partial charge in [0.25, 0.3) is 0 Å². The van der Waals surface area contributed by atoms with Crippen LogP contribution in [0.1, 0.15) is 25.6 Å². The minimum atomic E-state index is -0.210. The molecule has 1 aromatic carbocycles. The molecule has 3 rings (SSSR count). The van der Waals surface area contributed by atoms with Gasteiger partial charge in [0.1, 0.15) is 5.82 Å². The lowest BCUT2D eigenvalue weighted by atomic mass is 10.2. The highest BCUT2D eigenvalue weighted by atomic mass is 16.3. The summed E-state index contributed by atoms with van der Waals surface area (Å²) >= 11 is 0. The van der Waals surface area contributed by atoms with Gasteiger partial charge in [0.05, 0.1) is 23.7 Å². The van der Waals surface area contributed by atoms with Crippen molar-refractivity contribution in [3.05, 3.63) is 30.1 Å². The lowest BCUT2D eigenvalue weighted by molar-refractivity contribution is 0.132. The fraction of sp³-hybridized carbons (Fsp3) is 0.500. The standard InChI is InChI=1S/C14H18N2O/c1-2-14-15-11-5-3-4-6-12(11)16(14)9-13(17)10-7-8-10/h3-6,10,13,17H,2,7-9H2,1H3. The van der Waals surface area contributed by atoms with Crippen LogP contribution in [0.5, 0.6) is 0 Å². The van der Waals surface area contributed by atoms with Crippen molar-refractivity contribution in [2.45, 2.75) is 38.8 Å². The first-order valence-electron chi connectivity index (χ1n) is 6.41. The summed E-state index contributed by atoms with van der Waals surface area (Å²) in [7, 11) is 0. The first-order valence-corrected chi connectivity index (χ1v) is 6.41. The Bertz CT molecular complexity index is 528. The average Bonchev–Trinajstić information content (AvgIpc) is 3.14. The minimum absolute atomic E-state index is 0.210. The number of aliphatic hydroxyl groups is 1. The Balaban J connectivity index is 1.99. The van der Waals surface area contributed by atoms with E-state index >= 15 is 0 Å². The van der Waals surface area contributed by atoms with E-state index in [0.29, 0.717) is 12.5 Å². The van der Waals surface area contributed by atoms with E-state index < -0.39 is 0 Å². The smallest absolute Gasteiger partial charge is 0.109 e. The summed E-state index contributed by atoms with van der Waals surface area (Å²) in [6.07, 6.45) is 3.05. The maximum Gasteiger partial charge on any atom is 0.109 e. The first-order chi connectivity index (χ1) is 8.29. The Hall–Kier alpha value is -1.35. The monoisotopic (exact) mass is 230 g/mol. The lowest BCUT2D eigenvalue weighted by Gasteiger charge is -2.13. The lowest BCUT2D eigenvalue weighted by Crippen LogP contribution is -2.19. The number of aliphatic hydroxyl groups excluding tert-OH is 1. The molecule has 1 heterocycles. The van der Waals surface area contributed by atoms with Crippen molar-refractivity contribution in [3.63, 3.8) is 0 Å². The minimum Gasteiger partial charge on any atom is -0.391 e. The predicted molar refractivity (Wildman–Crippen MR) is 67.8 cm³/mol. The van der Waals surface area contributed by atoms with E-state index in [1.807, 2.05) is 18.2 Å². The number of imidazole rings is 1. The maximum absolute atomic E-state index is 10.1. The number of benzene rings is 1. The molecule has 0 spiro atoms. The van der Waals surface area contributed by atoms with Crippen LogP contribution in [0.15, 0.2) is 24.3 Å². The summed E-state index contributed by atoms with van der Waals surface area (Å²) in [4.78, 5) is 4.62. The van der Waals surface area contributed by atoms with Gasteiger partial charge in [-0.1, -0.05) is 19.1 Å². The molecular weight excluding hydrogens is 212 g/mol. The fourth-order valence-electron chi connectivity index (χ4n) is 2.42. The summed E-state index contributed by atoms with van der Waals surface area (Å²) < 4.78 is 2.18. The fourth-order valence-corrected chi connectivity index (χ4v) is 2.42. The molecule has 0 amide bonds. The Kier molecular flexibility index (Phi) is 2.63. The SMILES string of the molecule is CCc1nc2ccccc2n1CC(O)C1CC1. The van der Waals surface area contributed by atoms with Crippen LogP contribution in [-0.4, -0.2) is 20.8 Å². The molecule has 0 saturated heterocycles. The molecule has 1 aliphatic carbocycles. The van der Waals surface area contributed by atoms with Gasteiger partial charge in [0, 0.05) is 6.42 Å². The highest BCUT2D eigenvalue weighted by Crippen LogP contribution is 2.33. The second-order valence-electron chi connectivity index (χ2n) is 4.89. The Morgan fingerprint density at radius 1 is 1.41 bits per heavy atom. The molecule has 1 fully saturated rings. The van der Waals surface area contributed by atoms with Crippen LogP contribution < -0.4 is 0 Å². The molecule has 3 nitrogen and oxygen atoms in total. The van der Waals surface area contributed by atoms with E-state index in [-0.39, 0.29) is 6.10 Å². The van der Waals surface area contributed by atoms with Gasteiger partial charge in [-0.25, -0.2) is 4.98 Å². The van der Waals surface area contributed by atoms with E-state index in [1.54, 1.807) is 0 Å². The van der Waals surface area contributed by atoms with Crippen LogP contribution in [0.3, 0.4) is 0 Å². The average molecular weight is 230 g/mol. The van der Waals surface area contributed by atoms with Crippen molar-refractivity contribution in [1.29, 1.82) is 0 Å². The van der Waals surface area contributed by atoms with Gasteiger partial charge in [-0.2, -0.15) is 0 Å². The Morgan fingerprint density at radius 2 is 2.18 bits per heavy atom. The highest BCUT2D eigenvalue weighted by Gasteiger charge is 2.30. The number of para-hydroxylation sites is 2. The number of hydrogen-bond donors (Lipinski definition) is 1. The van der Waals surface area contributed by atoms with Crippen molar-refractivity contribution < 1.29 is 5.11 Å². The van der Waals surface area contributed by atoms with Crippen molar-refractivity contribution in [2.75, 3.05) is 0 Å². The topological polar surface area (TPSA) is 38.0 Å². The van der Waals surface area contributed by atoms with E-state index in [2.05, 4.69) is 22.5 Å². The number of hydrogen-bond acceptors (Lipinski definition) is 2. The number of rotatable bonds is 4. The van der Waals surface area contributed by atoms with Crippen LogP contribution in [0.4, 0.5) is 0 Å². The maximum atomic E-state index is 10.1. The second-order valence-corrected chi connectivity index (χ2v) is 4.89. The van der Waals surface area contributed by atoms with Gasteiger partial charge in [-0.3, -0.25) is 0 Å². The molecule has 17 heavy (non-hydrogen) atoms. The zero-order valence-electron chi connectivity index (χ0n) is 10.1. The number of aromatic nitrogens is 2. The molecule has 1 N–H and O–H groups in total. The molecule has 1 aromatic heterocycles. The van der Waals surface area contributed by atoms with Gasteiger partial charge in [-0.05, 0) is 30.9 Å². The molecule has 1 atom stereocenters. The van der Waals surface area contributed by atoms with Gasteiger partial charge in [0.2, 0.25) is 0 Å². The molecule has 1 aliphatic rings. The van der Waals surface area contributed by atoms with Crippen molar-refractivity contribution >= 4 is 11.0 Å². The van der Waals surface area contributed by atoms with Crippen molar-refractivity contribution in [1.82, 2.24) is 9.55 Å². The summed E-state index contributed by atoms with van der Waals surface area (Å²) in [6, 6.07) is 8.16. The quantitative estimate of drug-likeness (QED) is 0.875. The number of nitrogens with zero attached hydrogens (tertiary/aromatic N) is 2. The third-order valence-electron chi connectivity index (χ3n) is 3.59. The van der Waals surface area contributed by atoms with Crippen molar-refractivity contribution in [2.24, 2.45) is 5.92 Å². The van der Waals surface area contributed by atoms with E-state index in [9.17, 15) is 5.11 Å². The highest BCUT2D eigenvalue weighted by molar-refractivity contribution is 5.75. The van der Waals surface area contributed by atoms with Gasteiger partial charge in [0.15, 0.2) is 0 Å². The third-order valence-corrected chi connectivity index (χ3v) is 3.59. The predicted octanol–water partition coefficient (Wildman–Crippen LogP) is 2.37. The molecule has 0 aliphatic heterocycles.